The quantitative estimate of drug-likeness (QED) is 0.573. The summed E-state index contributed by atoms with van der Waals surface area (Å²) in [6.45, 7) is 8.08. The molecule has 1 aromatic carbocycles. The average molecular weight is 328 g/mol. The van der Waals surface area contributed by atoms with E-state index in [1.165, 1.54) is 0 Å². The molecule has 5 nitrogen and oxygen atoms in total. The van der Waals surface area contributed by atoms with Gasteiger partial charge in [0.15, 0.2) is 0 Å². The predicted octanol–water partition coefficient (Wildman–Crippen LogP) is 1.77. The van der Waals surface area contributed by atoms with Gasteiger partial charge in [0.2, 0.25) is 0 Å². The van der Waals surface area contributed by atoms with Crippen LogP contribution in [0.3, 0.4) is 0 Å². The summed E-state index contributed by atoms with van der Waals surface area (Å²) in [5.41, 5.74) is 1.48. The number of aliphatic hydroxyl groups excluding tert-OH is 1. The Balaban J connectivity index is 2.40. The molecule has 0 bridgehead atoms. The molecule has 0 saturated heterocycles. The van der Waals surface area contributed by atoms with E-state index in [9.17, 15) is 9.90 Å². The first-order valence-electron chi connectivity index (χ1n) is 7.69. The SMILES string of the molecule is CCN(CC)CCNC(=O)c1ccc(NCC(O)CCl)cc1. The van der Waals surface area contributed by atoms with Gasteiger partial charge >= 0.3 is 0 Å². The summed E-state index contributed by atoms with van der Waals surface area (Å²) in [5.74, 6) is 0.125. The molecule has 3 N–H and O–H groups in total. The number of carbonyl (C=O) groups excluding carboxylic acids is 1. The van der Waals surface area contributed by atoms with Crippen molar-refractivity contribution in [3.05, 3.63) is 29.8 Å². The number of hydrogen-bond donors (Lipinski definition) is 3. The molecule has 0 heterocycles. The highest BCUT2D eigenvalue weighted by atomic mass is 35.5. The average Bonchev–Trinajstić information content (AvgIpc) is 2.56. The number of nitrogens with one attached hydrogen (secondary N) is 2. The van der Waals surface area contributed by atoms with Crippen LogP contribution in [0.4, 0.5) is 5.69 Å². The number of carbonyl (C=O) groups is 1. The van der Waals surface area contributed by atoms with Crippen molar-refractivity contribution in [2.75, 3.05) is 43.9 Å². The van der Waals surface area contributed by atoms with Gasteiger partial charge < -0.3 is 20.6 Å². The number of aliphatic hydroxyl groups is 1. The van der Waals surface area contributed by atoms with Crippen LogP contribution in [0.25, 0.3) is 0 Å². The van der Waals surface area contributed by atoms with Crippen LogP contribution in [0, 0.1) is 0 Å². The monoisotopic (exact) mass is 327 g/mol. The molecule has 0 spiro atoms. The fourth-order valence-electron chi connectivity index (χ4n) is 2.00. The maximum absolute atomic E-state index is 12.0. The zero-order valence-corrected chi connectivity index (χ0v) is 14.1. The standard InChI is InChI=1S/C16H26ClN3O2/c1-3-20(4-2)10-9-18-16(22)13-5-7-14(8-6-13)19-12-15(21)11-17/h5-8,15,19,21H,3-4,9-12H2,1-2H3,(H,18,22). The van der Waals surface area contributed by atoms with Crippen molar-refractivity contribution in [3.8, 4) is 0 Å². The zero-order valence-electron chi connectivity index (χ0n) is 13.3. The van der Waals surface area contributed by atoms with E-state index < -0.39 is 6.10 Å². The van der Waals surface area contributed by atoms with Crippen molar-refractivity contribution in [1.82, 2.24) is 10.2 Å². The normalized spacial score (nSPS) is 12.2. The number of amides is 1. The van der Waals surface area contributed by atoms with Gasteiger partial charge in [-0.2, -0.15) is 0 Å². The minimum absolute atomic E-state index is 0.0699. The third-order valence-corrected chi connectivity index (χ3v) is 3.83. The second-order valence-corrected chi connectivity index (χ2v) is 5.36. The van der Waals surface area contributed by atoms with Crippen LogP contribution in [0.1, 0.15) is 24.2 Å². The Kier molecular flexibility index (Phi) is 8.89. The molecule has 1 unspecified atom stereocenters. The lowest BCUT2D eigenvalue weighted by Gasteiger charge is -2.18. The highest BCUT2D eigenvalue weighted by Crippen LogP contribution is 2.09. The molecule has 1 rings (SSSR count). The van der Waals surface area contributed by atoms with E-state index in [1.807, 2.05) is 12.1 Å². The third kappa shape index (κ3) is 6.64. The van der Waals surface area contributed by atoms with Gasteiger partial charge in [0, 0.05) is 30.9 Å². The minimum Gasteiger partial charge on any atom is -0.390 e. The lowest BCUT2D eigenvalue weighted by Crippen LogP contribution is -2.34. The molecule has 0 aliphatic rings. The molecular weight excluding hydrogens is 302 g/mol. The molecule has 0 fully saturated rings. The van der Waals surface area contributed by atoms with Crippen LogP contribution >= 0.6 is 11.6 Å². The second-order valence-electron chi connectivity index (χ2n) is 5.05. The number of halogens is 1. The Morgan fingerprint density at radius 3 is 2.45 bits per heavy atom. The molecule has 6 heteroatoms. The Bertz CT molecular complexity index is 436. The van der Waals surface area contributed by atoms with E-state index in [-0.39, 0.29) is 11.8 Å². The van der Waals surface area contributed by atoms with E-state index >= 15 is 0 Å². The highest BCUT2D eigenvalue weighted by molar-refractivity contribution is 6.18. The van der Waals surface area contributed by atoms with Gasteiger partial charge in [-0.3, -0.25) is 4.79 Å². The lowest BCUT2D eigenvalue weighted by molar-refractivity contribution is 0.0949. The van der Waals surface area contributed by atoms with E-state index in [0.29, 0.717) is 18.7 Å². The summed E-state index contributed by atoms with van der Waals surface area (Å²) >= 11 is 5.53. The molecule has 22 heavy (non-hydrogen) atoms. The summed E-state index contributed by atoms with van der Waals surface area (Å²) in [7, 11) is 0. The predicted molar refractivity (Wildman–Crippen MR) is 91.8 cm³/mol. The van der Waals surface area contributed by atoms with Gasteiger partial charge in [-0.05, 0) is 37.4 Å². The van der Waals surface area contributed by atoms with Gasteiger partial charge in [0.05, 0.1) is 12.0 Å². The summed E-state index contributed by atoms with van der Waals surface area (Å²) in [6.07, 6.45) is -0.579. The van der Waals surface area contributed by atoms with Crippen molar-refractivity contribution in [1.29, 1.82) is 0 Å². The molecule has 124 valence electrons. The Morgan fingerprint density at radius 1 is 1.27 bits per heavy atom. The first-order chi connectivity index (χ1) is 10.6. The second kappa shape index (κ2) is 10.4. The van der Waals surface area contributed by atoms with Gasteiger partial charge in [-0.1, -0.05) is 13.8 Å². The number of anilines is 1. The fourth-order valence-corrected chi connectivity index (χ4v) is 2.11. The zero-order chi connectivity index (χ0) is 16.4. The van der Waals surface area contributed by atoms with Crippen molar-refractivity contribution < 1.29 is 9.90 Å². The van der Waals surface area contributed by atoms with Crippen LogP contribution in [0.15, 0.2) is 24.3 Å². The largest absolute Gasteiger partial charge is 0.390 e. The number of alkyl halides is 1. The van der Waals surface area contributed by atoms with Gasteiger partial charge in [-0.25, -0.2) is 0 Å². The first kappa shape index (κ1) is 18.7. The molecule has 0 saturated carbocycles. The fraction of sp³-hybridized carbons (Fsp3) is 0.562. The molecule has 0 aromatic heterocycles. The van der Waals surface area contributed by atoms with Crippen LogP contribution in [-0.4, -0.2) is 60.6 Å². The van der Waals surface area contributed by atoms with Crippen molar-refractivity contribution in [2.24, 2.45) is 0 Å². The van der Waals surface area contributed by atoms with Gasteiger partial charge in [0.1, 0.15) is 0 Å². The first-order valence-corrected chi connectivity index (χ1v) is 8.22. The van der Waals surface area contributed by atoms with Crippen LogP contribution in [-0.2, 0) is 0 Å². The summed E-state index contributed by atoms with van der Waals surface area (Å²) in [6, 6.07) is 7.17. The Hall–Kier alpha value is -1.30. The molecular formula is C16H26ClN3O2. The van der Waals surface area contributed by atoms with Crippen molar-refractivity contribution in [3.63, 3.8) is 0 Å². The van der Waals surface area contributed by atoms with Crippen LogP contribution < -0.4 is 10.6 Å². The summed E-state index contributed by atoms with van der Waals surface area (Å²) in [5, 5.41) is 15.4. The van der Waals surface area contributed by atoms with E-state index in [4.69, 9.17) is 11.6 Å². The Morgan fingerprint density at radius 2 is 1.91 bits per heavy atom. The van der Waals surface area contributed by atoms with Crippen LogP contribution in [0.2, 0.25) is 0 Å². The number of rotatable bonds is 10. The molecule has 0 aliphatic carbocycles. The molecule has 1 aromatic rings. The smallest absolute Gasteiger partial charge is 0.251 e. The summed E-state index contributed by atoms with van der Waals surface area (Å²) < 4.78 is 0. The van der Waals surface area contributed by atoms with Gasteiger partial charge in [0.25, 0.3) is 5.91 Å². The van der Waals surface area contributed by atoms with E-state index in [0.717, 1.165) is 25.3 Å². The van der Waals surface area contributed by atoms with Gasteiger partial charge in [-0.15, -0.1) is 11.6 Å². The number of likely N-dealkylation sites (N-methyl/N-ethyl adjacent to an activating group) is 1. The minimum atomic E-state index is -0.579. The van der Waals surface area contributed by atoms with Crippen molar-refractivity contribution in [2.45, 2.75) is 20.0 Å². The molecule has 1 atom stereocenters. The topological polar surface area (TPSA) is 64.6 Å². The molecule has 0 radical (unpaired) electrons. The number of nitrogens with zero attached hydrogens (tertiary/aromatic N) is 1. The van der Waals surface area contributed by atoms with Crippen LogP contribution in [0.5, 0.6) is 0 Å². The summed E-state index contributed by atoms with van der Waals surface area (Å²) in [4.78, 5) is 14.3. The van der Waals surface area contributed by atoms with E-state index in [2.05, 4.69) is 29.4 Å². The maximum Gasteiger partial charge on any atom is 0.251 e. The molecule has 0 aliphatic heterocycles. The lowest BCUT2D eigenvalue weighted by atomic mass is 10.2. The highest BCUT2D eigenvalue weighted by Gasteiger charge is 2.06. The molecule has 1 amide bonds. The Labute approximate surface area is 137 Å². The number of hydrogen-bond acceptors (Lipinski definition) is 4. The number of benzene rings is 1. The van der Waals surface area contributed by atoms with E-state index in [1.54, 1.807) is 12.1 Å². The maximum atomic E-state index is 12.0. The third-order valence-electron chi connectivity index (χ3n) is 3.48. The van der Waals surface area contributed by atoms with Crippen molar-refractivity contribution >= 4 is 23.2 Å².